The molecule has 0 radical (unpaired) electrons. The summed E-state index contributed by atoms with van der Waals surface area (Å²) >= 11 is 9.25. The van der Waals surface area contributed by atoms with E-state index in [0.29, 0.717) is 12.8 Å². The maximum absolute atomic E-state index is 12.0. The molecule has 1 aliphatic rings. The zero-order valence-electron chi connectivity index (χ0n) is 8.25. The molecule has 0 saturated heterocycles. The van der Waals surface area contributed by atoms with Crippen molar-refractivity contribution in [1.29, 1.82) is 0 Å². The number of halogens is 3. The molecule has 7 heteroatoms. The fourth-order valence-electron chi connectivity index (χ4n) is 1.77. The van der Waals surface area contributed by atoms with E-state index in [1.165, 1.54) is 0 Å². The third-order valence-corrected chi connectivity index (χ3v) is 8.77. The molecule has 0 amide bonds. The molecule has 3 nitrogen and oxygen atoms in total. The predicted octanol–water partition coefficient (Wildman–Crippen LogP) is 3.15. The molecule has 0 spiro atoms. The first-order chi connectivity index (χ1) is 6.79. The lowest BCUT2D eigenvalue weighted by atomic mass is 9.97. The lowest BCUT2D eigenvalue weighted by Crippen LogP contribution is -2.35. The standard InChI is InChI=1S/C8H13Br3O3S/c1-14-6-2-4-7(5-3-6)15(12,13)8(9,10)11/h6-7H,2-5H2,1H3. The Morgan fingerprint density at radius 1 is 1.13 bits per heavy atom. The molecule has 1 fully saturated rings. The molecule has 0 aromatic carbocycles. The number of ether oxygens (including phenoxy) is 1. The van der Waals surface area contributed by atoms with Crippen molar-refractivity contribution < 1.29 is 13.2 Å². The molecule has 0 heterocycles. The van der Waals surface area contributed by atoms with Gasteiger partial charge >= 0.3 is 0 Å². The minimum Gasteiger partial charge on any atom is -0.381 e. The van der Waals surface area contributed by atoms with Gasteiger partial charge < -0.3 is 4.74 Å². The van der Waals surface area contributed by atoms with Crippen molar-refractivity contribution in [3.05, 3.63) is 0 Å². The third kappa shape index (κ3) is 3.40. The molecule has 0 atom stereocenters. The summed E-state index contributed by atoms with van der Waals surface area (Å²) in [5.74, 6) is 0. The molecular weight excluding hydrogens is 416 g/mol. The largest absolute Gasteiger partial charge is 0.381 e. The van der Waals surface area contributed by atoms with Crippen LogP contribution in [0.15, 0.2) is 0 Å². The quantitative estimate of drug-likeness (QED) is 0.634. The van der Waals surface area contributed by atoms with Crippen LogP contribution in [0.1, 0.15) is 25.7 Å². The Balaban J connectivity index is 2.69. The minimum absolute atomic E-state index is 0.215. The van der Waals surface area contributed by atoms with Crippen molar-refractivity contribution in [1.82, 2.24) is 0 Å². The first-order valence-corrected chi connectivity index (χ1v) is 8.54. The van der Waals surface area contributed by atoms with Crippen LogP contribution in [0.2, 0.25) is 0 Å². The maximum Gasteiger partial charge on any atom is 0.235 e. The summed E-state index contributed by atoms with van der Waals surface area (Å²) in [6.45, 7) is 0. The number of alkyl halides is 3. The minimum atomic E-state index is -3.24. The Bertz CT molecular complexity index is 302. The highest BCUT2D eigenvalue weighted by atomic mass is 80.0. The van der Waals surface area contributed by atoms with Gasteiger partial charge in [-0.05, 0) is 73.5 Å². The zero-order chi connectivity index (χ0) is 11.7. The molecule has 0 aromatic rings. The van der Waals surface area contributed by atoms with Crippen molar-refractivity contribution in [3.63, 3.8) is 0 Å². The highest BCUT2D eigenvalue weighted by molar-refractivity contribution is 9.42. The highest BCUT2D eigenvalue weighted by Crippen LogP contribution is 2.44. The summed E-state index contributed by atoms with van der Waals surface area (Å²) in [5.41, 5.74) is 0. The molecule has 0 aliphatic heterocycles. The monoisotopic (exact) mass is 426 g/mol. The van der Waals surface area contributed by atoms with Crippen LogP contribution in [0.4, 0.5) is 0 Å². The van der Waals surface area contributed by atoms with Crippen molar-refractivity contribution in [2.75, 3.05) is 7.11 Å². The highest BCUT2D eigenvalue weighted by Gasteiger charge is 2.43. The van der Waals surface area contributed by atoms with Gasteiger partial charge in [-0.2, -0.15) is 0 Å². The molecule has 1 rings (SSSR count). The molecule has 0 bridgehead atoms. The van der Waals surface area contributed by atoms with Crippen LogP contribution in [0.5, 0.6) is 0 Å². The van der Waals surface area contributed by atoms with Gasteiger partial charge in [0, 0.05) is 7.11 Å². The molecule has 90 valence electrons. The van der Waals surface area contributed by atoms with E-state index in [0.717, 1.165) is 12.8 Å². The first kappa shape index (κ1) is 14.4. The van der Waals surface area contributed by atoms with E-state index in [-0.39, 0.29) is 11.4 Å². The van der Waals surface area contributed by atoms with E-state index in [4.69, 9.17) is 4.74 Å². The van der Waals surface area contributed by atoms with Crippen LogP contribution in [-0.4, -0.2) is 28.4 Å². The second-order valence-electron chi connectivity index (χ2n) is 3.63. The van der Waals surface area contributed by atoms with Crippen LogP contribution in [0, 0.1) is 0 Å². The van der Waals surface area contributed by atoms with Gasteiger partial charge in [0.25, 0.3) is 0 Å². The summed E-state index contributed by atoms with van der Waals surface area (Å²) in [6, 6.07) is 0. The van der Waals surface area contributed by atoms with Gasteiger partial charge in [0.15, 0.2) is 9.84 Å². The van der Waals surface area contributed by atoms with Crippen molar-refractivity contribution in [2.24, 2.45) is 0 Å². The topological polar surface area (TPSA) is 43.4 Å². The number of rotatable bonds is 2. The van der Waals surface area contributed by atoms with E-state index >= 15 is 0 Å². The molecule has 0 unspecified atom stereocenters. The lowest BCUT2D eigenvalue weighted by molar-refractivity contribution is 0.0717. The van der Waals surface area contributed by atoms with Gasteiger partial charge in [-0.15, -0.1) is 0 Å². The number of sulfone groups is 1. The van der Waals surface area contributed by atoms with Crippen LogP contribution < -0.4 is 0 Å². The van der Waals surface area contributed by atoms with Crippen molar-refractivity contribution in [2.45, 2.75) is 38.5 Å². The Hall–Kier alpha value is 1.35. The van der Waals surface area contributed by atoms with Crippen LogP contribution >= 0.6 is 47.8 Å². The Kier molecular flexibility index (Phi) is 5.12. The van der Waals surface area contributed by atoms with Crippen LogP contribution in [-0.2, 0) is 14.6 Å². The fraction of sp³-hybridized carbons (Fsp3) is 1.00. The maximum atomic E-state index is 12.0. The molecule has 1 saturated carbocycles. The third-order valence-electron chi connectivity index (χ3n) is 2.72. The van der Waals surface area contributed by atoms with Crippen LogP contribution in [0.25, 0.3) is 0 Å². The predicted molar refractivity (Wildman–Crippen MR) is 71.5 cm³/mol. The van der Waals surface area contributed by atoms with Gasteiger partial charge in [-0.3, -0.25) is 0 Å². The second kappa shape index (κ2) is 5.33. The van der Waals surface area contributed by atoms with Gasteiger partial charge in [-0.25, -0.2) is 8.42 Å². The lowest BCUT2D eigenvalue weighted by Gasteiger charge is -2.29. The van der Waals surface area contributed by atoms with E-state index < -0.39 is 11.3 Å². The number of hydrogen-bond acceptors (Lipinski definition) is 3. The smallest absolute Gasteiger partial charge is 0.235 e. The molecule has 1 aliphatic carbocycles. The van der Waals surface area contributed by atoms with E-state index in [1.807, 2.05) is 0 Å². The summed E-state index contributed by atoms with van der Waals surface area (Å²) < 4.78 is 28.1. The molecule has 0 aromatic heterocycles. The van der Waals surface area contributed by atoms with Gasteiger partial charge in [-0.1, -0.05) is 0 Å². The van der Waals surface area contributed by atoms with E-state index in [9.17, 15) is 8.42 Å². The van der Waals surface area contributed by atoms with E-state index in [2.05, 4.69) is 47.8 Å². The van der Waals surface area contributed by atoms with E-state index in [1.54, 1.807) is 7.11 Å². The molecule has 15 heavy (non-hydrogen) atoms. The Morgan fingerprint density at radius 2 is 1.60 bits per heavy atom. The zero-order valence-corrected chi connectivity index (χ0v) is 13.8. The first-order valence-electron chi connectivity index (χ1n) is 4.62. The average Bonchev–Trinajstić information content (AvgIpc) is 2.16. The number of hydrogen-bond donors (Lipinski definition) is 0. The molecular formula is C8H13Br3O3S. The Morgan fingerprint density at radius 3 is 1.93 bits per heavy atom. The fourth-order valence-corrected chi connectivity index (χ4v) is 5.42. The van der Waals surface area contributed by atoms with Gasteiger partial charge in [0.1, 0.15) is 0 Å². The summed E-state index contributed by atoms with van der Waals surface area (Å²) in [5, 5.41) is -0.304. The second-order valence-corrected chi connectivity index (χ2v) is 14.3. The van der Waals surface area contributed by atoms with Crippen molar-refractivity contribution >= 4 is 57.6 Å². The van der Waals surface area contributed by atoms with Crippen molar-refractivity contribution in [3.8, 4) is 0 Å². The summed E-state index contributed by atoms with van der Waals surface area (Å²) in [6.07, 6.45) is 3.15. The number of methoxy groups -OCH3 is 1. The summed E-state index contributed by atoms with van der Waals surface area (Å²) in [7, 11) is -1.57. The van der Waals surface area contributed by atoms with Crippen LogP contribution in [0.3, 0.4) is 0 Å². The van der Waals surface area contributed by atoms with Gasteiger partial charge in [0.2, 0.25) is 1.47 Å². The molecule has 0 N–H and O–H groups in total. The van der Waals surface area contributed by atoms with Gasteiger partial charge in [0.05, 0.1) is 11.4 Å². The summed E-state index contributed by atoms with van der Waals surface area (Å²) in [4.78, 5) is 0. The SMILES string of the molecule is COC1CCC(S(=O)(=O)C(Br)(Br)Br)CC1. The average molecular weight is 429 g/mol. The normalized spacial score (nSPS) is 29.1. The Labute approximate surface area is 116 Å².